The van der Waals surface area contributed by atoms with E-state index in [2.05, 4.69) is 0 Å². The molecule has 2 amide bonds. The van der Waals surface area contributed by atoms with Crippen LogP contribution in [0.15, 0.2) is 42.5 Å². The largest absolute Gasteiger partial charge is 0.493 e. The van der Waals surface area contributed by atoms with E-state index in [1.807, 2.05) is 25.1 Å². The highest BCUT2D eigenvalue weighted by atomic mass is 19.1. The zero-order valence-corrected chi connectivity index (χ0v) is 18.3. The molecule has 3 rings (SSSR count). The van der Waals surface area contributed by atoms with Crippen molar-refractivity contribution in [1.29, 1.82) is 0 Å². The lowest BCUT2D eigenvalue weighted by molar-refractivity contribution is -0.137. The predicted molar refractivity (Wildman–Crippen MR) is 116 cm³/mol. The quantitative estimate of drug-likeness (QED) is 0.674. The van der Waals surface area contributed by atoms with Crippen molar-refractivity contribution in [2.24, 2.45) is 5.92 Å². The third-order valence-electron chi connectivity index (χ3n) is 5.66. The SMILES string of the molecule is CCN(Cc1ccc(OC)c(OC)c1)C(=O)C1CCCN(C(=O)c2ccc(F)cc2)C1. The number of carbonyl (C=O) groups excluding carboxylic acids is 2. The maximum atomic E-state index is 13.2. The smallest absolute Gasteiger partial charge is 0.253 e. The Kier molecular flexibility index (Phi) is 7.50. The number of nitrogens with zero attached hydrogens (tertiary/aromatic N) is 2. The van der Waals surface area contributed by atoms with Crippen molar-refractivity contribution in [3.05, 3.63) is 59.4 Å². The molecular formula is C24H29FN2O4. The molecule has 0 aromatic heterocycles. The normalized spacial score (nSPS) is 16.0. The van der Waals surface area contributed by atoms with Crippen LogP contribution in [0.2, 0.25) is 0 Å². The van der Waals surface area contributed by atoms with E-state index in [9.17, 15) is 14.0 Å². The number of likely N-dealkylation sites (tertiary alicyclic amines) is 1. The molecule has 0 saturated carbocycles. The summed E-state index contributed by atoms with van der Waals surface area (Å²) < 4.78 is 23.8. The molecule has 0 bridgehead atoms. The predicted octanol–water partition coefficient (Wildman–Crippen LogP) is 3.74. The summed E-state index contributed by atoms with van der Waals surface area (Å²) >= 11 is 0. The Balaban J connectivity index is 1.68. The van der Waals surface area contributed by atoms with Gasteiger partial charge in [0.2, 0.25) is 5.91 Å². The van der Waals surface area contributed by atoms with Crippen LogP contribution in [-0.4, -0.2) is 55.5 Å². The Bertz CT molecular complexity index is 916. The zero-order chi connectivity index (χ0) is 22.4. The Morgan fingerprint density at radius 1 is 1.10 bits per heavy atom. The van der Waals surface area contributed by atoms with Gasteiger partial charge < -0.3 is 19.3 Å². The third-order valence-corrected chi connectivity index (χ3v) is 5.66. The van der Waals surface area contributed by atoms with Crippen molar-refractivity contribution in [2.75, 3.05) is 33.9 Å². The van der Waals surface area contributed by atoms with E-state index in [0.29, 0.717) is 43.2 Å². The van der Waals surface area contributed by atoms with Gasteiger partial charge in [0.15, 0.2) is 11.5 Å². The van der Waals surface area contributed by atoms with E-state index in [4.69, 9.17) is 9.47 Å². The van der Waals surface area contributed by atoms with Gasteiger partial charge in [-0.3, -0.25) is 9.59 Å². The molecule has 7 heteroatoms. The van der Waals surface area contributed by atoms with Gasteiger partial charge in [0.25, 0.3) is 5.91 Å². The average Bonchev–Trinajstić information content (AvgIpc) is 2.82. The number of piperidine rings is 1. The molecule has 1 saturated heterocycles. The first-order valence-corrected chi connectivity index (χ1v) is 10.5. The maximum absolute atomic E-state index is 13.2. The number of hydrogen-bond donors (Lipinski definition) is 0. The van der Waals surface area contributed by atoms with Crippen LogP contribution in [0.3, 0.4) is 0 Å². The van der Waals surface area contributed by atoms with Gasteiger partial charge in [-0.1, -0.05) is 6.07 Å². The van der Waals surface area contributed by atoms with Gasteiger partial charge in [-0.15, -0.1) is 0 Å². The molecule has 1 aliphatic rings. The molecule has 0 N–H and O–H groups in total. The molecule has 1 unspecified atom stereocenters. The summed E-state index contributed by atoms with van der Waals surface area (Å²) in [5, 5.41) is 0. The highest BCUT2D eigenvalue weighted by Crippen LogP contribution is 2.28. The Morgan fingerprint density at radius 3 is 2.45 bits per heavy atom. The van der Waals surface area contributed by atoms with Crippen LogP contribution < -0.4 is 9.47 Å². The van der Waals surface area contributed by atoms with Crippen LogP contribution in [0.1, 0.15) is 35.7 Å². The first-order valence-electron chi connectivity index (χ1n) is 10.5. The van der Waals surface area contributed by atoms with E-state index < -0.39 is 0 Å². The number of benzene rings is 2. The minimum Gasteiger partial charge on any atom is -0.493 e. The standard InChI is InChI=1S/C24H29FN2O4/c1-4-26(15-17-7-12-21(30-2)22(14-17)31-3)24(29)19-6-5-13-27(16-19)23(28)18-8-10-20(25)11-9-18/h7-12,14,19H,4-6,13,15-16H2,1-3H3. The molecule has 6 nitrogen and oxygen atoms in total. The minimum atomic E-state index is -0.378. The lowest BCUT2D eigenvalue weighted by Gasteiger charge is -2.35. The molecule has 31 heavy (non-hydrogen) atoms. The molecule has 166 valence electrons. The molecule has 2 aromatic rings. The summed E-state index contributed by atoms with van der Waals surface area (Å²) in [4.78, 5) is 29.5. The van der Waals surface area contributed by atoms with Gasteiger partial charge >= 0.3 is 0 Å². The summed E-state index contributed by atoms with van der Waals surface area (Å²) in [5.74, 6) is 0.504. The second-order valence-corrected chi connectivity index (χ2v) is 7.64. The highest BCUT2D eigenvalue weighted by molar-refractivity contribution is 5.94. The van der Waals surface area contributed by atoms with Gasteiger partial charge in [0.1, 0.15) is 5.82 Å². The van der Waals surface area contributed by atoms with Crippen molar-refractivity contribution < 1.29 is 23.5 Å². The number of amides is 2. The van der Waals surface area contributed by atoms with E-state index in [1.165, 1.54) is 24.3 Å². The molecule has 1 heterocycles. The Labute approximate surface area is 182 Å². The lowest BCUT2D eigenvalue weighted by Crippen LogP contribution is -2.46. The third kappa shape index (κ3) is 5.34. The summed E-state index contributed by atoms with van der Waals surface area (Å²) in [6.07, 6.45) is 1.51. The van der Waals surface area contributed by atoms with Gasteiger partial charge in [0.05, 0.1) is 20.1 Å². The molecule has 0 radical (unpaired) electrons. The zero-order valence-electron chi connectivity index (χ0n) is 18.3. The second-order valence-electron chi connectivity index (χ2n) is 7.64. The molecule has 1 aliphatic heterocycles. The second kappa shape index (κ2) is 10.3. The molecule has 2 aromatic carbocycles. The summed E-state index contributed by atoms with van der Waals surface area (Å²) in [6, 6.07) is 11.2. The number of rotatable bonds is 7. The Hall–Kier alpha value is -3.09. The van der Waals surface area contributed by atoms with Crippen molar-refractivity contribution in [1.82, 2.24) is 9.80 Å². The van der Waals surface area contributed by atoms with E-state index >= 15 is 0 Å². The number of halogens is 1. The van der Waals surface area contributed by atoms with Gasteiger partial charge in [0, 0.05) is 31.7 Å². The van der Waals surface area contributed by atoms with Crippen molar-refractivity contribution in [3.63, 3.8) is 0 Å². The van der Waals surface area contributed by atoms with Crippen LogP contribution in [0.25, 0.3) is 0 Å². The van der Waals surface area contributed by atoms with E-state index in [0.717, 1.165) is 18.4 Å². The summed E-state index contributed by atoms with van der Waals surface area (Å²) in [6.45, 7) is 3.94. The monoisotopic (exact) mass is 428 g/mol. The van der Waals surface area contributed by atoms with Crippen LogP contribution in [0, 0.1) is 11.7 Å². The van der Waals surface area contributed by atoms with Crippen LogP contribution in [0.5, 0.6) is 11.5 Å². The lowest BCUT2D eigenvalue weighted by atomic mass is 9.95. The number of hydrogen-bond acceptors (Lipinski definition) is 4. The summed E-state index contributed by atoms with van der Waals surface area (Å²) in [5.41, 5.74) is 1.38. The van der Waals surface area contributed by atoms with Crippen molar-refractivity contribution in [3.8, 4) is 11.5 Å². The molecule has 0 spiro atoms. The fraction of sp³-hybridized carbons (Fsp3) is 0.417. The van der Waals surface area contributed by atoms with Crippen molar-refractivity contribution in [2.45, 2.75) is 26.3 Å². The summed E-state index contributed by atoms with van der Waals surface area (Å²) in [7, 11) is 3.17. The number of ether oxygens (including phenoxy) is 2. The van der Waals surface area contributed by atoms with Gasteiger partial charge in [-0.05, 0) is 61.7 Å². The van der Waals surface area contributed by atoms with Crippen LogP contribution in [0.4, 0.5) is 4.39 Å². The average molecular weight is 429 g/mol. The maximum Gasteiger partial charge on any atom is 0.253 e. The fourth-order valence-corrected chi connectivity index (χ4v) is 3.94. The van der Waals surface area contributed by atoms with Gasteiger partial charge in [-0.25, -0.2) is 4.39 Å². The fourth-order valence-electron chi connectivity index (χ4n) is 3.94. The minimum absolute atomic E-state index is 0.0360. The molecule has 0 aliphatic carbocycles. The molecule has 1 atom stereocenters. The van der Waals surface area contributed by atoms with Gasteiger partial charge in [-0.2, -0.15) is 0 Å². The first-order chi connectivity index (χ1) is 15.0. The Morgan fingerprint density at radius 2 is 1.81 bits per heavy atom. The first kappa shape index (κ1) is 22.6. The van der Waals surface area contributed by atoms with Crippen LogP contribution in [-0.2, 0) is 11.3 Å². The topological polar surface area (TPSA) is 59.1 Å². The van der Waals surface area contributed by atoms with E-state index in [-0.39, 0.29) is 23.5 Å². The van der Waals surface area contributed by atoms with E-state index in [1.54, 1.807) is 24.0 Å². The number of carbonyl (C=O) groups is 2. The number of methoxy groups -OCH3 is 2. The highest BCUT2D eigenvalue weighted by Gasteiger charge is 2.31. The molecule has 1 fully saturated rings. The molecular weight excluding hydrogens is 399 g/mol. The van der Waals surface area contributed by atoms with Crippen molar-refractivity contribution >= 4 is 11.8 Å². The van der Waals surface area contributed by atoms with Crippen LogP contribution >= 0.6 is 0 Å².